The first-order chi connectivity index (χ1) is 13.3. The molecule has 0 radical (unpaired) electrons. The van der Waals surface area contributed by atoms with Crippen LogP contribution in [0.25, 0.3) is 0 Å². The van der Waals surface area contributed by atoms with Crippen molar-refractivity contribution in [2.24, 2.45) is 11.3 Å². The molecule has 0 saturated heterocycles. The lowest BCUT2D eigenvalue weighted by atomic mass is 9.69. The van der Waals surface area contributed by atoms with Gasteiger partial charge in [0.05, 0.1) is 5.56 Å². The van der Waals surface area contributed by atoms with Crippen LogP contribution in [-0.2, 0) is 12.8 Å². The summed E-state index contributed by atoms with van der Waals surface area (Å²) in [5.74, 6) is 1.30. The number of benzene rings is 1. The summed E-state index contributed by atoms with van der Waals surface area (Å²) in [5, 5.41) is 7.84. The van der Waals surface area contributed by atoms with E-state index in [0.29, 0.717) is 17.3 Å². The summed E-state index contributed by atoms with van der Waals surface area (Å²) in [7, 11) is 0. The van der Waals surface area contributed by atoms with Gasteiger partial charge in [-0.2, -0.15) is 0 Å². The highest BCUT2D eigenvalue weighted by atomic mass is 32.1. The van der Waals surface area contributed by atoms with E-state index in [-0.39, 0.29) is 12.1 Å². The Morgan fingerprint density at radius 3 is 2.54 bits per heavy atom. The zero-order chi connectivity index (χ0) is 20.1. The molecule has 0 bridgehead atoms. The van der Waals surface area contributed by atoms with Crippen molar-refractivity contribution in [3.63, 3.8) is 0 Å². The highest BCUT2D eigenvalue weighted by Crippen LogP contribution is 2.46. The summed E-state index contributed by atoms with van der Waals surface area (Å²) in [5.41, 5.74) is 4.99. The first kappa shape index (κ1) is 19.5. The topological polar surface area (TPSA) is 41.1 Å². The lowest BCUT2D eigenvalue weighted by Gasteiger charge is -2.36. The first-order valence-electron chi connectivity index (χ1n) is 10.6. The van der Waals surface area contributed by atoms with Crippen molar-refractivity contribution in [1.82, 2.24) is 5.32 Å². The molecule has 1 aliphatic carbocycles. The quantitative estimate of drug-likeness (QED) is 0.640. The summed E-state index contributed by atoms with van der Waals surface area (Å²) >= 11 is 1.81. The summed E-state index contributed by atoms with van der Waals surface area (Å²) in [4.78, 5) is 14.4. The van der Waals surface area contributed by atoms with Crippen LogP contribution in [0, 0.1) is 11.3 Å². The minimum atomic E-state index is -0.149. The molecular formula is C24H32N2OS. The van der Waals surface area contributed by atoms with Gasteiger partial charge in [-0.25, -0.2) is 0 Å². The molecule has 2 aliphatic rings. The molecule has 150 valence electrons. The molecule has 0 fully saturated rings. The lowest BCUT2D eigenvalue weighted by molar-refractivity contribution is 0.0934. The number of rotatable bonds is 4. The van der Waals surface area contributed by atoms with E-state index in [1.807, 2.05) is 0 Å². The Bertz CT molecular complexity index is 879. The molecule has 0 saturated carbocycles. The molecule has 2 aromatic rings. The minimum Gasteiger partial charge on any atom is -0.353 e. The molecule has 4 rings (SSSR count). The van der Waals surface area contributed by atoms with E-state index in [0.717, 1.165) is 29.0 Å². The molecule has 4 heteroatoms. The zero-order valence-corrected chi connectivity index (χ0v) is 18.5. The van der Waals surface area contributed by atoms with E-state index < -0.39 is 0 Å². The molecule has 2 atom stereocenters. The third-order valence-electron chi connectivity index (χ3n) is 7.00. The van der Waals surface area contributed by atoms with E-state index in [9.17, 15) is 4.79 Å². The van der Waals surface area contributed by atoms with Crippen molar-refractivity contribution in [2.75, 3.05) is 5.32 Å². The Morgan fingerprint density at radius 2 is 1.89 bits per heavy atom. The summed E-state index contributed by atoms with van der Waals surface area (Å²) < 4.78 is 0. The Kier molecular flexibility index (Phi) is 5.03. The fourth-order valence-corrected chi connectivity index (χ4v) is 5.85. The van der Waals surface area contributed by atoms with Crippen molar-refractivity contribution in [3.05, 3.63) is 51.4 Å². The molecule has 0 spiro atoms. The largest absolute Gasteiger partial charge is 0.353 e. The number of carbonyl (C=O) groups excluding carboxylic acids is 1. The van der Waals surface area contributed by atoms with Crippen molar-refractivity contribution in [3.8, 4) is 0 Å². The summed E-state index contributed by atoms with van der Waals surface area (Å²) in [6, 6.07) is 8.59. The van der Waals surface area contributed by atoms with Crippen LogP contribution in [0.2, 0.25) is 0 Å². The Labute approximate surface area is 172 Å². The van der Waals surface area contributed by atoms with Gasteiger partial charge in [0.1, 0.15) is 11.2 Å². The van der Waals surface area contributed by atoms with Crippen molar-refractivity contribution >= 4 is 22.2 Å². The minimum absolute atomic E-state index is 0.0809. The fraction of sp³-hybridized carbons (Fsp3) is 0.542. The van der Waals surface area contributed by atoms with Crippen LogP contribution in [0.3, 0.4) is 0 Å². The van der Waals surface area contributed by atoms with E-state index in [2.05, 4.69) is 69.5 Å². The lowest BCUT2D eigenvalue weighted by Crippen LogP contribution is -2.38. The molecule has 28 heavy (non-hydrogen) atoms. The van der Waals surface area contributed by atoms with Gasteiger partial charge in [0.2, 0.25) is 0 Å². The second-order valence-corrected chi connectivity index (χ2v) is 10.5. The Hall–Kier alpha value is -1.81. The van der Waals surface area contributed by atoms with Crippen LogP contribution in [0.4, 0.5) is 5.00 Å². The molecule has 2 heterocycles. The molecule has 2 N–H and O–H groups in total. The van der Waals surface area contributed by atoms with Gasteiger partial charge in [0, 0.05) is 4.88 Å². The number of thiophene rings is 1. The van der Waals surface area contributed by atoms with Gasteiger partial charge >= 0.3 is 0 Å². The fourth-order valence-electron chi connectivity index (χ4n) is 4.49. The number of anilines is 1. The monoisotopic (exact) mass is 396 g/mol. The second-order valence-electron chi connectivity index (χ2n) is 9.36. The maximum Gasteiger partial charge on any atom is 0.256 e. The predicted molar refractivity (Wildman–Crippen MR) is 118 cm³/mol. The number of carbonyl (C=O) groups is 1. The average Bonchev–Trinajstić information content (AvgIpc) is 3.06. The van der Waals surface area contributed by atoms with Gasteiger partial charge in [-0.1, -0.05) is 65.3 Å². The summed E-state index contributed by atoms with van der Waals surface area (Å²) in [6.45, 7) is 11.5. The molecular weight excluding hydrogens is 364 g/mol. The van der Waals surface area contributed by atoms with Gasteiger partial charge in [-0.15, -0.1) is 11.3 Å². The number of hydrogen-bond acceptors (Lipinski definition) is 3. The van der Waals surface area contributed by atoms with Gasteiger partial charge in [0.15, 0.2) is 0 Å². The van der Waals surface area contributed by atoms with Crippen LogP contribution in [0.5, 0.6) is 0 Å². The maximum atomic E-state index is 13.0. The zero-order valence-electron chi connectivity index (χ0n) is 17.7. The van der Waals surface area contributed by atoms with Crippen molar-refractivity contribution < 1.29 is 4.79 Å². The molecule has 1 aromatic heterocycles. The highest BCUT2D eigenvalue weighted by molar-refractivity contribution is 7.16. The average molecular weight is 397 g/mol. The van der Waals surface area contributed by atoms with Crippen molar-refractivity contribution in [1.29, 1.82) is 0 Å². The predicted octanol–water partition coefficient (Wildman–Crippen LogP) is 6.27. The summed E-state index contributed by atoms with van der Waals surface area (Å²) in [6.07, 6.45) is 4.37. The Morgan fingerprint density at radius 1 is 1.18 bits per heavy atom. The molecule has 3 nitrogen and oxygen atoms in total. The number of amides is 1. The van der Waals surface area contributed by atoms with Gasteiger partial charge in [0.25, 0.3) is 5.91 Å². The maximum absolute atomic E-state index is 13.0. The van der Waals surface area contributed by atoms with E-state index in [4.69, 9.17) is 0 Å². The molecule has 1 aliphatic heterocycles. The van der Waals surface area contributed by atoms with Gasteiger partial charge in [-0.05, 0) is 53.2 Å². The van der Waals surface area contributed by atoms with Crippen LogP contribution in [0.15, 0.2) is 24.3 Å². The smallest absolute Gasteiger partial charge is 0.256 e. The normalized spacial score (nSPS) is 21.7. The van der Waals surface area contributed by atoms with E-state index in [1.165, 1.54) is 28.8 Å². The van der Waals surface area contributed by atoms with Gasteiger partial charge < -0.3 is 10.6 Å². The first-order valence-corrected chi connectivity index (χ1v) is 11.4. The molecule has 0 unspecified atom stereocenters. The second kappa shape index (κ2) is 7.22. The third kappa shape index (κ3) is 3.36. The number of fused-ring (bicyclic) bond motifs is 3. The van der Waals surface area contributed by atoms with Crippen LogP contribution >= 0.6 is 11.3 Å². The van der Waals surface area contributed by atoms with Crippen LogP contribution in [0.1, 0.15) is 91.5 Å². The number of nitrogens with one attached hydrogen (secondary N) is 2. The SMILES string of the molecule is CCC(C)(C)[C@H]1CCc2c(sc3c2C(=O)N[C@@H](c2ccc(C(C)C)cc2)N3)C1. The van der Waals surface area contributed by atoms with Gasteiger partial charge in [-0.3, -0.25) is 4.79 Å². The van der Waals surface area contributed by atoms with E-state index >= 15 is 0 Å². The molecule has 1 aromatic carbocycles. The molecule has 1 amide bonds. The van der Waals surface area contributed by atoms with Crippen molar-refractivity contribution in [2.45, 2.75) is 72.4 Å². The third-order valence-corrected chi connectivity index (χ3v) is 8.18. The van der Waals surface area contributed by atoms with Crippen LogP contribution < -0.4 is 10.6 Å². The van der Waals surface area contributed by atoms with E-state index in [1.54, 1.807) is 11.3 Å². The standard InChI is InChI=1S/C24H32N2OS/c1-6-24(4,5)17-11-12-18-19(13-17)28-23-20(18)22(27)25-21(26-23)16-9-7-15(8-10-16)14(2)3/h7-10,14,17,21,26H,6,11-13H2,1-5H3,(H,25,27)/t17-,21+/m0/s1. The highest BCUT2D eigenvalue weighted by Gasteiger charge is 2.37. The number of hydrogen-bond donors (Lipinski definition) is 2. The van der Waals surface area contributed by atoms with Crippen LogP contribution in [-0.4, -0.2) is 5.91 Å². The Balaban J connectivity index is 1.59.